The van der Waals surface area contributed by atoms with Gasteiger partial charge in [-0.15, -0.1) is 0 Å². The van der Waals surface area contributed by atoms with Gasteiger partial charge in [0.25, 0.3) is 5.91 Å². The van der Waals surface area contributed by atoms with Crippen molar-refractivity contribution in [2.24, 2.45) is 11.5 Å². The monoisotopic (exact) mass is 392 g/mol. The van der Waals surface area contributed by atoms with Crippen LogP contribution in [0.2, 0.25) is 0 Å². The topological polar surface area (TPSA) is 170 Å². The van der Waals surface area contributed by atoms with E-state index in [0.717, 1.165) is 6.26 Å². The van der Waals surface area contributed by atoms with E-state index in [9.17, 15) is 18.0 Å². The fourth-order valence-electron chi connectivity index (χ4n) is 2.20. The predicted molar refractivity (Wildman–Crippen MR) is 100 cm³/mol. The molecule has 1 atom stereocenters. The minimum absolute atomic E-state index is 0.0546. The van der Waals surface area contributed by atoms with Crippen molar-refractivity contribution in [3.8, 4) is 0 Å². The van der Waals surface area contributed by atoms with E-state index in [-0.39, 0.29) is 22.2 Å². The van der Waals surface area contributed by atoms with Crippen LogP contribution in [-0.2, 0) is 14.6 Å². The van der Waals surface area contributed by atoms with Gasteiger partial charge >= 0.3 is 0 Å². The van der Waals surface area contributed by atoms with E-state index >= 15 is 0 Å². The molecule has 1 aromatic carbocycles. The second-order valence-corrected chi connectivity index (χ2v) is 7.76. The lowest BCUT2D eigenvalue weighted by Crippen LogP contribution is -2.35. The maximum Gasteiger partial charge on any atom is 0.271 e. The Morgan fingerprint density at radius 1 is 1.19 bits per heavy atom. The van der Waals surface area contributed by atoms with Crippen LogP contribution < -0.4 is 22.1 Å². The Labute approximate surface area is 156 Å². The highest BCUT2D eigenvalue weighted by Crippen LogP contribution is 2.21. The second-order valence-electron chi connectivity index (χ2n) is 5.75. The molecule has 11 heteroatoms. The first-order chi connectivity index (χ1) is 12.6. The van der Waals surface area contributed by atoms with Crippen LogP contribution in [0.15, 0.2) is 35.4 Å². The van der Waals surface area contributed by atoms with Crippen molar-refractivity contribution < 1.29 is 18.0 Å². The van der Waals surface area contributed by atoms with Crippen molar-refractivity contribution in [1.29, 1.82) is 0 Å². The zero-order chi connectivity index (χ0) is 20.2. The van der Waals surface area contributed by atoms with Gasteiger partial charge in [0.05, 0.1) is 11.1 Å². The average molecular weight is 392 g/mol. The highest BCUT2D eigenvalue weighted by atomic mass is 32.2. The molecule has 144 valence electrons. The van der Waals surface area contributed by atoms with Crippen LogP contribution in [0.25, 0.3) is 0 Å². The van der Waals surface area contributed by atoms with Crippen molar-refractivity contribution in [1.82, 2.24) is 9.97 Å². The highest BCUT2D eigenvalue weighted by molar-refractivity contribution is 7.90. The molecule has 2 aromatic rings. The summed E-state index contributed by atoms with van der Waals surface area (Å²) in [6, 6.07) is 5.21. The number of hydrogen-bond donors (Lipinski definition) is 4. The smallest absolute Gasteiger partial charge is 0.271 e. The highest BCUT2D eigenvalue weighted by Gasteiger charge is 2.17. The Balaban J connectivity index is 2.34. The van der Waals surface area contributed by atoms with Crippen LogP contribution in [-0.4, -0.2) is 42.5 Å². The summed E-state index contributed by atoms with van der Waals surface area (Å²) >= 11 is 0. The van der Waals surface area contributed by atoms with Crippen molar-refractivity contribution in [2.75, 3.05) is 16.9 Å². The number of primary amides is 2. The second kappa shape index (κ2) is 7.99. The fourth-order valence-corrected chi connectivity index (χ4v) is 2.83. The average Bonchev–Trinajstić information content (AvgIpc) is 2.59. The summed E-state index contributed by atoms with van der Waals surface area (Å²) in [6.07, 6.45) is 2.80. The van der Waals surface area contributed by atoms with Gasteiger partial charge in [-0.25, -0.2) is 18.4 Å². The fraction of sp³-hybridized carbons (Fsp3) is 0.250. The molecular formula is C16H20N6O4S. The predicted octanol–water partition coefficient (Wildman–Crippen LogP) is 0.398. The Bertz CT molecular complexity index is 959. The first-order valence-corrected chi connectivity index (χ1v) is 9.80. The third-order valence-electron chi connectivity index (χ3n) is 3.62. The van der Waals surface area contributed by atoms with E-state index in [1.807, 2.05) is 0 Å². The molecule has 1 aromatic heterocycles. The number of benzene rings is 1. The number of carbonyl (C=O) groups excluding carboxylic acids is 2. The number of nitrogens with two attached hydrogens (primary N) is 2. The van der Waals surface area contributed by atoms with Crippen LogP contribution in [0.4, 0.5) is 17.3 Å². The largest absolute Gasteiger partial charge is 0.368 e. The van der Waals surface area contributed by atoms with E-state index in [1.165, 1.54) is 30.5 Å². The minimum atomic E-state index is -3.33. The van der Waals surface area contributed by atoms with Crippen molar-refractivity contribution in [3.05, 3.63) is 36.2 Å². The Kier molecular flexibility index (Phi) is 5.95. The molecule has 0 fully saturated rings. The van der Waals surface area contributed by atoms with Crippen molar-refractivity contribution in [2.45, 2.75) is 24.3 Å². The molecule has 6 N–H and O–H groups in total. The van der Waals surface area contributed by atoms with Gasteiger partial charge in [-0.3, -0.25) is 9.59 Å². The van der Waals surface area contributed by atoms with Crippen LogP contribution in [0.3, 0.4) is 0 Å². The molecule has 0 saturated heterocycles. The van der Waals surface area contributed by atoms with E-state index in [1.54, 1.807) is 6.92 Å². The summed E-state index contributed by atoms with van der Waals surface area (Å²) in [4.78, 5) is 31.3. The third-order valence-corrected chi connectivity index (χ3v) is 4.75. The molecule has 0 aliphatic carbocycles. The molecule has 0 unspecified atom stereocenters. The van der Waals surface area contributed by atoms with E-state index in [4.69, 9.17) is 11.5 Å². The van der Waals surface area contributed by atoms with Crippen LogP contribution in [0.5, 0.6) is 0 Å². The van der Waals surface area contributed by atoms with Crippen LogP contribution >= 0.6 is 0 Å². The summed E-state index contributed by atoms with van der Waals surface area (Å²) in [5.41, 5.74) is 11.0. The minimum Gasteiger partial charge on any atom is -0.368 e. The van der Waals surface area contributed by atoms with Gasteiger partial charge in [0.1, 0.15) is 11.9 Å². The van der Waals surface area contributed by atoms with Crippen molar-refractivity contribution >= 4 is 39.0 Å². The molecule has 0 aliphatic rings. The molecule has 2 rings (SSSR count). The van der Waals surface area contributed by atoms with E-state index in [2.05, 4.69) is 20.6 Å². The summed E-state index contributed by atoms with van der Waals surface area (Å²) in [6.45, 7) is 1.77. The maximum absolute atomic E-state index is 11.6. The van der Waals surface area contributed by atoms with Gasteiger partial charge in [-0.2, -0.15) is 0 Å². The molecule has 0 saturated carbocycles. The zero-order valence-corrected chi connectivity index (χ0v) is 15.6. The van der Waals surface area contributed by atoms with Crippen LogP contribution in [0.1, 0.15) is 23.8 Å². The quantitative estimate of drug-likeness (QED) is 0.500. The zero-order valence-electron chi connectivity index (χ0n) is 14.8. The summed E-state index contributed by atoms with van der Waals surface area (Å²) in [5, 5.41) is 5.70. The number of rotatable bonds is 8. The molecule has 10 nitrogen and oxygen atoms in total. The lowest BCUT2D eigenvalue weighted by Gasteiger charge is -2.15. The summed E-state index contributed by atoms with van der Waals surface area (Å²) in [5.74, 6) is -1.07. The third kappa shape index (κ3) is 5.14. The molecule has 0 aliphatic heterocycles. The van der Waals surface area contributed by atoms with E-state index < -0.39 is 27.7 Å². The molecular weight excluding hydrogens is 372 g/mol. The molecule has 27 heavy (non-hydrogen) atoms. The maximum atomic E-state index is 11.6. The number of nitrogens with zero attached hydrogens (tertiary/aromatic N) is 2. The summed E-state index contributed by atoms with van der Waals surface area (Å²) < 4.78 is 23.1. The lowest BCUT2D eigenvalue weighted by atomic mass is 10.2. The molecule has 1 heterocycles. The van der Waals surface area contributed by atoms with Crippen molar-refractivity contribution in [3.63, 3.8) is 0 Å². The van der Waals surface area contributed by atoms with E-state index in [0.29, 0.717) is 12.1 Å². The molecule has 0 spiro atoms. The van der Waals surface area contributed by atoms with Crippen LogP contribution in [0, 0.1) is 0 Å². The normalized spacial score (nSPS) is 12.2. The number of nitrogens with one attached hydrogen (secondary N) is 2. The SMILES string of the molecule is CC[C@@H](Nc1cnc(C(N)=O)c(Nc2ccc(S(C)(=O)=O)cc2)n1)C(N)=O. The number of anilines is 3. The molecule has 2 amide bonds. The molecule has 0 bridgehead atoms. The number of aromatic nitrogens is 2. The van der Waals surface area contributed by atoms with Gasteiger partial charge < -0.3 is 22.1 Å². The summed E-state index contributed by atoms with van der Waals surface area (Å²) in [7, 11) is -3.33. The molecule has 0 radical (unpaired) electrons. The number of carbonyl (C=O) groups is 2. The van der Waals surface area contributed by atoms with Gasteiger partial charge in [-0.1, -0.05) is 6.92 Å². The first-order valence-electron chi connectivity index (χ1n) is 7.91. The Morgan fingerprint density at radius 2 is 1.81 bits per heavy atom. The van der Waals surface area contributed by atoms with Gasteiger partial charge in [0, 0.05) is 11.9 Å². The number of amides is 2. The Hall–Kier alpha value is -3.21. The lowest BCUT2D eigenvalue weighted by molar-refractivity contribution is -0.118. The van der Waals surface area contributed by atoms with Gasteiger partial charge in [-0.05, 0) is 30.7 Å². The van der Waals surface area contributed by atoms with Gasteiger partial charge in [0.15, 0.2) is 21.3 Å². The van der Waals surface area contributed by atoms with Gasteiger partial charge in [0.2, 0.25) is 5.91 Å². The number of sulfone groups is 1. The first kappa shape index (κ1) is 20.1. The number of hydrogen-bond acceptors (Lipinski definition) is 8. The standard InChI is InChI=1S/C16H20N6O4S/c1-3-11(14(17)23)21-12-8-19-13(15(18)24)16(22-12)20-9-4-6-10(7-5-9)27(2,25)26/h4-8,11H,3H2,1-2H3,(H2,17,23)(H2,18,24)(H2,20,21,22)/t11-/m1/s1. The Morgan fingerprint density at radius 3 is 2.30 bits per heavy atom.